The van der Waals surface area contributed by atoms with E-state index >= 15 is 0 Å². The van der Waals surface area contributed by atoms with Crippen molar-refractivity contribution in [2.75, 3.05) is 6.26 Å². The predicted molar refractivity (Wildman–Crippen MR) is 45.4 cm³/mol. The third-order valence-corrected chi connectivity index (χ3v) is 1.97. The highest BCUT2D eigenvalue weighted by Gasteiger charge is 2.21. The van der Waals surface area contributed by atoms with Crippen molar-refractivity contribution in [2.24, 2.45) is 10.1 Å². The molecule has 0 bridgehead atoms. The van der Waals surface area contributed by atoms with Crippen molar-refractivity contribution < 1.29 is 0 Å². The number of hydrogen-bond acceptors (Lipinski definition) is 6. The van der Waals surface area contributed by atoms with Crippen LogP contribution in [0.5, 0.6) is 0 Å². The van der Waals surface area contributed by atoms with Gasteiger partial charge in [0.2, 0.25) is 0 Å². The molecule has 0 aromatic heterocycles. The molecule has 2 aliphatic heterocycles. The smallest absolute Gasteiger partial charge is 0.175 e. The van der Waals surface area contributed by atoms with Gasteiger partial charge in [0.05, 0.1) is 6.21 Å². The van der Waals surface area contributed by atoms with Gasteiger partial charge in [-0.15, -0.1) is 5.12 Å². The lowest BCUT2D eigenvalue weighted by Crippen LogP contribution is -2.40. The van der Waals surface area contributed by atoms with Gasteiger partial charge in [0.25, 0.3) is 0 Å². The molecule has 5 nitrogen and oxygen atoms in total. The molecule has 1 N–H and O–H groups in total. The van der Waals surface area contributed by atoms with Crippen LogP contribution in [0.25, 0.3) is 0 Å². The molecule has 2 rings (SSSR count). The van der Waals surface area contributed by atoms with Gasteiger partial charge in [-0.05, 0) is 11.9 Å². The van der Waals surface area contributed by atoms with Crippen LogP contribution in [0, 0.1) is 0 Å². The third kappa shape index (κ3) is 0.949. The summed E-state index contributed by atoms with van der Waals surface area (Å²) in [5, 5.41) is 5.61. The maximum atomic E-state index is 4.12. The summed E-state index contributed by atoms with van der Waals surface area (Å²) in [5.74, 6) is 0.856. The van der Waals surface area contributed by atoms with Gasteiger partial charge in [-0.2, -0.15) is 15.1 Å². The number of hydrazone groups is 1. The van der Waals surface area contributed by atoms with E-state index in [2.05, 4.69) is 15.6 Å². The maximum Gasteiger partial charge on any atom is 0.175 e. The standard InChI is InChI=1S/C5H7N5S/c1-11-9-4-6-5-2-3-7-8-10(5)9/h2-4,8H,1H3. The summed E-state index contributed by atoms with van der Waals surface area (Å²) >= 11 is 1.55. The minimum atomic E-state index is 0.856. The summed E-state index contributed by atoms with van der Waals surface area (Å²) in [6.45, 7) is 0. The van der Waals surface area contributed by atoms with Crippen LogP contribution < -0.4 is 5.53 Å². The molecule has 0 atom stereocenters. The molecular weight excluding hydrogens is 162 g/mol. The molecule has 0 aliphatic carbocycles. The SMILES string of the molecule is CSN1C=NC2=CC=NNN21. The second-order valence-electron chi connectivity index (χ2n) is 1.94. The van der Waals surface area contributed by atoms with Crippen LogP contribution in [0.2, 0.25) is 0 Å². The average Bonchev–Trinajstić information content (AvgIpc) is 2.47. The molecule has 6 heteroatoms. The maximum absolute atomic E-state index is 4.12. The molecule has 0 amide bonds. The number of hydrogen-bond donors (Lipinski definition) is 1. The molecule has 0 radical (unpaired) electrons. The normalized spacial score (nSPS) is 19.9. The van der Waals surface area contributed by atoms with Crippen LogP contribution in [-0.2, 0) is 0 Å². The first-order valence-corrected chi connectivity index (χ1v) is 4.26. The molecule has 0 saturated heterocycles. The van der Waals surface area contributed by atoms with Crippen molar-refractivity contribution in [3.63, 3.8) is 0 Å². The molecule has 0 fully saturated rings. The lowest BCUT2D eigenvalue weighted by atomic mass is 10.6. The molecule has 0 saturated carbocycles. The van der Waals surface area contributed by atoms with E-state index < -0.39 is 0 Å². The van der Waals surface area contributed by atoms with Crippen molar-refractivity contribution in [3.8, 4) is 0 Å². The van der Waals surface area contributed by atoms with Crippen LogP contribution >= 0.6 is 11.9 Å². The number of nitrogens with one attached hydrogen (secondary N) is 1. The molecule has 0 unspecified atom stereocenters. The molecule has 0 spiro atoms. The van der Waals surface area contributed by atoms with Crippen LogP contribution in [0.3, 0.4) is 0 Å². The number of allylic oxidation sites excluding steroid dienone is 1. The van der Waals surface area contributed by atoms with Crippen molar-refractivity contribution in [1.29, 1.82) is 0 Å². The summed E-state index contributed by atoms with van der Waals surface area (Å²) in [5.41, 5.74) is 2.80. The van der Waals surface area contributed by atoms with Gasteiger partial charge in [0.15, 0.2) is 5.82 Å². The second kappa shape index (κ2) is 2.46. The van der Waals surface area contributed by atoms with E-state index in [1.54, 1.807) is 29.6 Å². The van der Waals surface area contributed by atoms with E-state index in [0.29, 0.717) is 0 Å². The van der Waals surface area contributed by atoms with E-state index in [4.69, 9.17) is 0 Å². The number of hydrazine groups is 2. The van der Waals surface area contributed by atoms with Crippen molar-refractivity contribution in [2.45, 2.75) is 0 Å². The van der Waals surface area contributed by atoms with Crippen molar-refractivity contribution in [3.05, 3.63) is 11.9 Å². The minimum absolute atomic E-state index is 0.856. The van der Waals surface area contributed by atoms with E-state index in [1.807, 2.05) is 16.7 Å². The molecule has 0 aromatic carbocycles. The quantitative estimate of drug-likeness (QED) is 0.568. The largest absolute Gasteiger partial charge is 0.215 e. The lowest BCUT2D eigenvalue weighted by molar-refractivity contribution is 0.134. The molecule has 58 valence electrons. The topological polar surface area (TPSA) is 43.2 Å². The molecule has 0 aromatic rings. The van der Waals surface area contributed by atoms with E-state index in [0.717, 1.165) is 5.82 Å². The zero-order valence-corrected chi connectivity index (χ0v) is 6.75. The Balaban J connectivity index is 2.22. The fourth-order valence-electron chi connectivity index (χ4n) is 0.846. The molecule has 11 heavy (non-hydrogen) atoms. The van der Waals surface area contributed by atoms with Crippen molar-refractivity contribution in [1.82, 2.24) is 15.1 Å². The number of fused-ring (bicyclic) bond motifs is 1. The molecule has 2 heterocycles. The zero-order chi connectivity index (χ0) is 7.68. The number of aliphatic imine (C=N–C) groups is 1. The zero-order valence-electron chi connectivity index (χ0n) is 5.93. The Morgan fingerprint density at radius 2 is 2.55 bits per heavy atom. The van der Waals surface area contributed by atoms with E-state index in [9.17, 15) is 0 Å². The fraction of sp³-hybridized carbons (Fsp3) is 0.200. The van der Waals surface area contributed by atoms with Gasteiger partial charge in [0.1, 0.15) is 6.34 Å². The van der Waals surface area contributed by atoms with Gasteiger partial charge in [0, 0.05) is 12.3 Å². The van der Waals surface area contributed by atoms with Crippen LogP contribution in [0.15, 0.2) is 22.0 Å². The van der Waals surface area contributed by atoms with Crippen LogP contribution in [-0.4, -0.2) is 28.3 Å². The highest BCUT2D eigenvalue weighted by atomic mass is 32.2. The van der Waals surface area contributed by atoms with Gasteiger partial charge >= 0.3 is 0 Å². The Morgan fingerprint density at radius 3 is 3.36 bits per heavy atom. The Hall–Kier alpha value is -1.17. The minimum Gasteiger partial charge on any atom is -0.215 e. The first-order chi connectivity index (χ1) is 5.42. The third-order valence-electron chi connectivity index (χ3n) is 1.34. The first kappa shape index (κ1) is 6.53. The van der Waals surface area contributed by atoms with Crippen LogP contribution in [0.1, 0.15) is 0 Å². The Kier molecular flexibility index (Phi) is 1.46. The summed E-state index contributed by atoms with van der Waals surface area (Å²) in [6.07, 6.45) is 7.21. The van der Waals surface area contributed by atoms with Crippen molar-refractivity contribution >= 4 is 24.5 Å². The predicted octanol–water partition coefficient (Wildman–Crippen LogP) is 0.171. The molecular formula is C5H7N5S. The summed E-state index contributed by atoms with van der Waals surface area (Å²) in [7, 11) is 0. The second-order valence-corrected chi connectivity index (χ2v) is 2.68. The average molecular weight is 169 g/mol. The summed E-state index contributed by atoms with van der Waals surface area (Å²) < 4.78 is 1.85. The van der Waals surface area contributed by atoms with Gasteiger partial charge in [-0.25, -0.2) is 4.99 Å². The lowest BCUT2D eigenvalue weighted by Gasteiger charge is -2.26. The summed E-state index contributed by atoms with van der Waals surface area (Å²) in [6, 6.07) is 0. The molecule has 2 aliphatic rings. The van der Waals surface area contributed by atoms with Crippen LogP contribution in [0.4, 0.5) is 0 Å². The Morgan fingerprint density at radius 1 is 1.64 bits per heavy atom. The Bertz CT molecular complexity index is 245. The summed E-state index contributed by atoms with van der Waals surface area (Å²) in [4.78, 5) is 4.12. The first-order valence-electron chi connectivity index (χ1n) is 3.08. The van der Waals surface area contributed by atoms with E-state index in [1.165, 1.54) is 0 Å². The highest BCUT2D eigenvalue weighted by molar-refractivity contribution is 7.96. The van der Waals surface area contributed by atoms with Gasteiger partial charge < -0.3 is 0 Å². The van der Waals surface area contributed by atoms with E-state index in [-0.39, 0.29) is 0 Å². The number of rotatable bonds is 1. The van der Waals surface area contributed by atoms with Gasteiger partial charge in [-0.1, -0.05) is 0 Å². The number of nitrogens with zero attached hydrogens (tertiary/aromatic N) is 4. The fourth-order valence-corrected chi connectivity index (χ4v) is 1.27. The highest BCUT2D eigenvalue weighted by Crippen LogP contribution is 2.19. The monoisotopic (exact) mass is 169 g/mol. The van der Waals surface area contributed by atoms with Gasteiger partial charge in [-0.3, -0.25) is 0 Å². The Labute approximate surface area is 68.5 Å².